The van der Waals surface area contributed by atoms with Gasteiger partial charge in [0.1, 0.15) is 0 Å². The van der Waals surface area contributed by atoms with Crippen LogP contribution in [0.5, 0.6) is 0 Å². The van der Waals surface area contributed by atoms with Crippen LogP contribution in [-0.4, -0.2) is 107 Å². The van der Waals surface area contributed by atoms with Crippen molar-refractivity contribution in [2.45, 2.75) is 19.1 Å². The molecule has 8 nitrogen and oxygen atoms in total. The first-order valence-corrected chi connectivity index (χ1v) is 3.81. The molecule has 9 heteroatoms. The fourth-order valence-corrected chi connectivity index (χ4v) is 0.270. The molecule has 0 aromatic heterocycles. The van der Waals surface area contributed by atoms with E-state index < -0.39 is 30.1 Å². The zero-order chi connectivity index (χ0) is 13.5. The summed E-state index contributed by atoms with van der Waals surface area (Å²) in [4.78, 5) is 29.1. The summed E-state index contributed by atoms with van der Waals surface area (Å²) >= 11 is 0. The number of carboxylic acid groups (broad SMARTS) is 3. The maximum atomic E-state index is 9.77. The minimum atomic E-state index is -2.27. The van der Waals surface area contributed by atoms with Gasteiger partial charge in [0, 0.05) is 5.57 Å². The zero-order valence-corrected chi connectivity index (χ0v) is 8.32. The molecule has 17 heavy (non-hydrogen) atoms. The summed E-state index contributed by atoms with van der Waals surface area (Å²) in [5.74, 6) is -4.47. The van der Waals surface area contributed by atoms with Gasteiger partial charge in [-0.1, -0.05) is 6.58 Å². The topological polar surface area (TPSA) is 152 Å². The summed E-state index contributed by atoms with van der Waals surface area (Å²) in [6, 6.07) is 0. The first-order valence-electron chi connectivity index (χ1n) is 3.81. The van der Waals surface area contributed by atoms with Gasteiger partial charge in [-0.2, -0.15) is 0 Å². The Bertz CT molecular complexity index is 270. The van der Waals surface area contributed by atoms with Gasteiger partial charge in [-0.25, -0.2) is 14.4 Å². The predicted octanol–water partition coefficient (Wildman–Crippen LogP) is -2.12. The maximum absolute atomic E-state index is 9.77. The third-order valence-corrected chi connectivity index (χ3v) is 1.17. The molecule has 94 valence electrons. The Labute approximate surface area is 139 Å². The Morgan fingerprint density at radius 2 is 1.12 bits per heavy atom. The summed E-state index contributed by atoms with van der Waals surface area (Å²) in [5.41, 5.74) is 0.176. The van der Waals surface area contributed by atoms with E-state index in [9.17, 15) is 14.4 Å². The van der Waals surface area contributed by atoms with Crippen molar-refractivity contribution in [3.63, 3.8) is 0 Å². The van der Waals surface area contributed by atoms with Crippen LogP contribution in [0.25, 0.3) is 0 Å². The van der Waals surface area contributed by atoms with Gasteiger partial charge in [0.15, 0.2) is 12.2 Å². The first kappa shape index (κ1) is 21.9. The fourth-order valence-electron chi connectivity index (χ4n) is 0.270. The molecule has 0 bridgehead atoms. The molecule has 2 atom stereocenters. The molecule has 5 N–H and O–H groups in total. The van der Waals surface area contributed by atoms with E-state index in [0.717, 1.165) is 0 Å². The Hall–Kier alpha value is -0.294. The Kier molecular flexibility index (Phi) is 14.0. The molecule has 2 unspecified atom stereocenters. The number of rotatable bonds is 4. The second kappa shape index (κ2) is 10.8. The molecular formula is C8H13KO8. The van der Waals surface area contributed by atoms with E-state index in [1.54, 1.807) is 0 Å². The average molecular weight is 276 g/mol. The van der Waals surface area contributed by atoms with E-state index in [2.05, 4.69) is 6.58 Å². The number of aliphatic carboxylic acids is 3. The van der Waals surface area contributed by atoms with Crippen molar-refractivity contribution in [1.29, 1.82) is 0 Å². The molecule has 0 radical (unpaired) electrons. The van der Waals surface area contributed by atoms with Crippen LogP contribution in [0.4, 0.5) is 0 Å². The first-order chi connectivity index (χ1) is 7.11. The molecule has 0 aliphatic rings. The van der Waals surface area contributed by atoms with E-state index >= 15 is 0 Å². The van der Waals surface area contributed by atoms with E-state index in [0.29, 0.717) is 0 Å². The number of hydrogen-bond donors (Lipinski definition) is 5. The number of aliphatic hydroxyl groups is 2. The van der Waals surface area contributed by atoms with Crippen LogP contribution >= 0.6 is 0 Å². The number of carbonyl (C=O) groups is 3. The fraction of sp³-hybridized carbons (Fsp3) is 0.375. The second-order valence-electron chi connectivity index (χ2n) is 2.65. The molecule has 0 rings (SSSR count). The van der Waals surface area contributed by atoms with Crippen LogP contribution in [-0.2, 0) is 14.4 Å². The summed E-state index contributed by atoms with van der Waals surface area (Å²) in [7, 11) is 0. The third-order valence-electron chi connectivity index (χ3n) is 1.17. The standard InChI is InChI=1S/C4H6O6.C4H6O2.K.H/c5-1(3(7)8)2(6)4(9)10;1-3(2)4(5)6;;/h1-2,5-6H,(H,7,8)(H,9,10);1H2,2H3,(H,5,6);;. The minimum absolute atomic E-state index is 0. The Balaban J connectivity index is -0.000000244. The van der Waals surface area contributed by atoms with E-state index in [-0.39, 0.29) is 57.0 Å². The van der Waals surface area contributed by atoms with E-state index in [4.69, 9.17) is 25.5 Å². The summed E-state index contributed by atoms with van der Waals surface area (Å²) in [6.07, 6.45) is -4.53. The number of aliphatic hydroxyl groups excluding tert-OH is 2. The van der Waals surface area contributed by atoms with Gasteiger partial charge in [0.25, 0.3) is 0 Å². The molecular weight excluding hydrogens is 263 g/mol. The second-order valence-corrected chi connectivity index (χ2v) is 2.65. The quantitative estimate of drug-likeness (QED) is 0.288. The van der Waals surface area contributed by atoms with Crippen molar-refractivity contribution in [3.8, 4) is 0 Å². The summed E-state index contributed by atoms with van der Waals surface area (Å²) in [6.45, 7) is 4.60. The molecule has 0 heterocycles. The van der Waals surface area contributed by atoms with Crippen LogP contribution in [0.3, 0.4) is 0 Å². The molecule has 0 fully saturated rings. The van der Waals surface area contributed by atoms with Crippen molar-refractivity contribution < 1.29 is 39.9 Å². The van der Waals surface area contributed by atoms with Crippen LogP contribution in [0.15, 0.2) is 12.2 Å². The summed E-state index contributed by atoms with van der Waals surface area (Å²) < 4.78 is 0. The molecule has 0 amide bonds. The van der Waals surface area contributed by atoms with Crippen molar-refractivity contribution in [1.82, 2.24) is 0 Å². The van der Waals surface area contributed by atoms with Gasteiger partial charge in [-0.05, 0) is 6.92 Å². The van der Waals surface area contributed by atoms with Crippen LogP contribution in [0.2, 0.25) is 0 Å². The number of carboxylic acids is 3. The van der Waals surface area contributed by atoms with Crippen molar-refractivity contribution in [2.75, 3.05) is 0 Å². The molecule has 0 saturated heterocycles. The van der Waals surface area contributed by atoms with E-state index in [1.165, 1.54) is 6.92 Å². The van der Waals surface area contributed by atoms with Crippen molar-refractivity contribution >= 4 is 69.3 Å². The van der Waals surface area contributed by atoms with Crippen LogP contribution < -0.4 is 0 Å². The molecule has 0 aromatic rings. The van der Waals surface area contributed by atoms with Gasteiger partial charge in [0.05, 0.1) is 0 Å². The normalized spacial score (nSPS) is 11.9. The number of hydrogen-bond acceptors (Lipinski definition) is 5. The van der Waals surface area contributed by atoms with Gasteiger partial charge >= 0.3 is 69.3 Å². The predicted molar refractivity (Wildman–Crippen MR) is 56.9 cm³/mol. The molecule has 0 aliphatic carbocycles. The zero-order valence-electron chi connectivity index (χ0n) is 8.32. The van der Waals surface area contributed by atoms with Gasteiger partial charge < -0.3 is 25.5 Å². The van der Waals surface area contributed by atoms with Crippen molar-refractivity contribution in [2.24, 2.45) is 0 Å². The van der Waals surface area contributed by atoms with Gasteiger partial charge in [-0.15, -0.1) is 0 Å². The van der Waals surface area contributed by atoms with Crippen LogP contribution in [0, 0.1) is 0 Å². The Morgan fingerprint density at radius 1 is 0.941 bits per heavy atom. The van der Waals surface area contributed by atoms with Crippen molar-refractivity contribution in [3.05, 3.63) is 12.2 Å². The van der Waals surface area contributed by atoms with E-state index in [1.807, 2.05) is 0 Å². The third kappa shape index (κ3) is 12.0. The SMILES string of the molecule is C=C(C)C(=O)O.O=C(O)C(O)C(O)C(=O)O.[KH]. The molecule has 0 saturated carbocycles. The van der Waals surface area contributed by atoms with Crippen LogP contribution in [0.1, 0.15) is 6.92 Å². The van der Waals surface area contributed by atoms with Gasteiger partial charge in [0.2, 0.25) is 0 Å². The van der Waals surface area contributed by atoms with Gasteiger partial charge in [-0.3, -0.25) is 0 Å². The molecule has 0 aromatic carbocycles. The Morgan fingerprint density at radius 3 is 1.18 bits per heavy atom. The molecule has 0 aliphatic heterocycles. The average Bonchev–Trinajstić information content (AvgIpc) is 2.15. The summed E-state index contributed by atoms with van der Waals surface area (Å²) in [5, 5.41) is 40.4. The molecule has 0 spiro atoms. The monoisotopic (exact) mass is 276 g/mol.